The molecule has 2 aliphatic heterocycles. The molecule has 9 heteroatoms. The van der Waals surface area contributed by atoms with Crippen LogP contribution in [-0.4, -0.2) is 60.8 Å². The van der Waals surface area contributed by atoms with Crippen molar-refractivity contribution in [2.75, 3.05) is 38.3 Å². The number of hydrogen-bond acceptors (Lipinski definition) is 8. The van der Waals surface area contributed by atoms with Gasteiger partial charge in [-0.25, -0.2) is 4.79 Å². The number of fused-ring (bicyclic) bond motifs is 1. The molecule has 3 rings (SSSR count). The van der Waals surface area contributed by atoms with Crippen LogP contribution in [0.2, 0.25) is 0 Å². The molecule has 0 unspecified atom stereocenters. The van der Waals surface area contributed by atoms with Gasteiger partial charge in [0.05, 0.1) is 25.4 Å². The lowest BCUT2D eigenvalue weighted by molar-refractivity contribution is -0.137. The van der Waals surface area contributed by atoms with Crippen molar-refractivity contribution in [3.8, 4) is 11.5 Å². The quantitative estimate of drug-likeness (QED) is 0.548. The maximum Gasteiger partial charge on any atom is 0.342 e. The number of benzene rings is 1. The van der Waals surface area contributed by atoms with Gasteiger partial charge in [0.25, 0.3) is 11.8 Å². The third-order valence-corrected chi connectivity index (χ3v) is 3.79. The van der Waals surface area contributed by atoms with Gasteiger partial charge in [0.2, 0.25) is 0 Å². The first kappa shape index (κ1) is 17.7. The molecule has 0 spiro atoms. The molecule has 2 N–H and O–H groups in total. The van der Waals surface area contributed by atoms with Crippen LogP contribution >= 0.6 is 0 Å². The van der Waals surface area contributed by atoms with E-state index in [1.54, 1.807) is 13.0 Å². The van der Waals surface area contributed by atoms with Gasteiger partial charge in [-0.2, -0.15) is 0 Å². The summed E-state index contributed by atoms with van der Waals surface area (Å²) >= 11 is 0. The lowest BCUT2D eigenvalue weighted by Crippen LogP contribution is -2.34. The highest BCUT2D eigenvalue weighted by Crippen LogP contribution is 2.41. The summed E-state index contributed by atoms with van der Waals surface area (Å²) in [6.07, 6.45) is 1.15. The minimum Gasteiger partial charge on any atom is -0.485 e. The standard InChI is InChI=1S/C17H18N2O7/c1-2-24-17(23)10-3-4-11(15-14(10)25-7-8-26-15)18-12-9-13(21)19(5-6-20)16(12)22/h3-4,9,18,20H,2,5-8H2,1H3. The van der Waals surface area contributed by atoms with E-state index in [0.717, 1.165) is 11.0 Å². The zero-order chi connectivity index (χ0) is 18.7. The number of carbonyl (C=O) groups is 3. The van der Waals surface area contributed by atoms with Crippen molar-refractivity contribution in [1.29, 1.82) is 0 Å². The molecule has 0 aromatic heterocycles. The van der Waals surface area contributed by atoms with Gasteiger partial charge in [0.1, 0.15) is 24.5 Å². The molecule has 0 atom stereocenters. The zero-order valence-electron chi connectivity index (χ0n) is 14.1. The van der Waals surface area contributed by atoms with Crippen molar-refractivity contribution in [3.05, 3.63) is 29.5 Å². The van der Waals surface area contributed by atoms with Gasteiger partial charge in [0, 0.05) is 6.08 Å². The molecule has 1 aromatic carbocycles. The summed E-state index contributed by atoms with van der Waals surface area (Å²) in [5, 5.41) is 11.8. The van der Waals surface area contributed by atoms with E-state index in [4.69, 9.17) is 19.3 Å². The lowest BCUT2D eigenvalue weighted by Gasteiger charge is -2.23. The predicted octanol–water partition coefficient (Wildman–Crippen LogP) is 0.291. The first-order valence-corrected chi connectivity index (χ1v) is 8.12. The summed E-state index contributed by atoms with van der Waals surface area (Å²) in [6, 6.07) is 3.05. The average molecular weight is 362 g/mol. The van der Waals surface area contributed by atoms with Crippen LogP contribution in [0.5, 0.6) is 11.5 Å². The molecule has 2 aliphatic rings. The van der Waals surface area contributed by atoms with Gasteiger partial charge in [-0.15, -0.1) is 0 Å². The molecule has 0 fully saturated rings. The first-order valence-electron chi connectivity index (χ1n) is 8.12. The topological polar surface area (TPSA) is 114 Å². The fraction of sp³-hybridized carbons (Fsp3) is 0.353. The molecule has 138 valence electrons. The average Bonchev–Trinajstić information content (AvgIpc) is 2.90. The maximum atomic E-state index is 12.3. The molecule has 2 amide bonds. The number of aliphatic hydroxyl groups is 1. The Hall–Kier alpha value is -3.07. The second-order valence-corrected chi connectivity index (χ2v) is 5.44. The summed E-state index contributed by atoms with van der Waals surface area (Å²) in [6.45, 7) is 2.06. The minimum atomic E-state index is -0.552. The molecule has 0 bridgehead atoms. The number of hydrogen-bond donors (Lipinski definition) is 2. The highest BCUT2D eigenvalue weighted by Gasteiger charge is 2.32. The van der Waals surface area contributed by atoms with Crippen LogP contribution < -0.4 is 14.8 Å². The number of aliphatic hydroxyl groups excluding tert-OH is 1. The van der Waals surface area contributed by atoms with Crippen molar-refractivity contribution in [2.24, 2.45) is 0 Å². The van der Waals surface area contributed by atoms with Gasteiger partial charge in [-0.1, -0.05) is 0 Å². The second kappa shape index (κ2) is 7.44. The fourth-order valence-corrected chi connectivity index (χ4v) is 2.66. The van der Waals surface area contributed by atoms with E-state index in [2.05, 4.69) is 5.32 Å². The number of anilines is 1. The van der Waals surface area contributed by atoms with Gasteiger partial charge in [-0.05, 0) is 19.1 Å². The largest absolute Gasteiger partial charge is 0.485 e. The van der Waals surface area contributed by atoms with Crippen molar-refractivity contribution in [2.45, 2.75) is 6.92 Å². The molecule has 2 heterocycles. The van der Waals surface area contributed by atoms with E-state index in [-0.39, 0.29) is 55.7 Å². The van der Waals surface area contributed by atoms with Crippen LogP contribution in [0.1, 0.15) is 17.3 Å². The van der Waals surface area contributed by atoms with Gasteiger partial charge in [-0.3, -0.25) is 14.5 Å². The molecule has 0 radical (unpaired) electrons. The van der Waals surface area contributed by atoms with E-state index < -0.39 is 17.8 Å². The Morgan fingerprint density at radius 2 is 2.00 bits per heavy atom. The molecule has 0 saturated carbocycles. The summed E-state index contributed by atoms with van der Waals surface area (Å²) in [5.74, 6) is -1.11. The molecule has 9 nitrogen and oxygen atoms in total. The van der Waals surface area contributed by atoms with Gasteiger partial charge >= 0.3 is 5.97 Å². The van der Waals surface area contributed by atoms with Crippen LogP contribution in [0, 0.1) is 0 Å². The Labute approximate surface area is 149 Å². The van der Waals surface area contributed by atoms with Crippen LogP contribution in [0.4, 0.5) is 5.69 Å². The van der Waals surface area contributed by atoms with E-state index in [9.17, 15) is 14.4 Å². The normalized spacial score (nSPS) is 15.8. The smallest absolute Gasteiger partial charge is 0.342 e. The number of carbonyl (C=O) groups excluding carboxylic acids is 3. The number of rotatable bonds is 6. The van der Waals surface area contributed by atoms with Crippen molar-refractivity contribution in [1.82, 2.24) is 4.90 Å². The summed E-state index contributed by atoms with van der Waals surface area (Å²) < 4.78 is 16.2. The van der Waals surface area contributed by atoms with Crippen LogP contribution in [-0.2, 0) is 14.3 Å². The number of β-amino-alcohol motifs (C(OH)–C–C–N with tert-alkyl or cyclic N) is 1. The lowest BCUT2D eigenvalue weighted by atomic mass is 10.1. The summed E-state index contributed by atoms with van der Waals surface area (Å²) in [7, 11) is 0. The number of nitrogens with zero attached hydrogens (tertiary/aromatic N) is 1. The van der Waals surface area contributed by atoms with Crippen LogP contribution in [0.3, 0.4) is 0 Å². The Balaban J connectivity index is 1.90. The summed E-state index contributed by atoms with van der Waals surface area (Å²) in [5.41, 5.74) is 0.645. The third-order valence-electron chi connectivity index (χ3n) is 3.79. The van der Waals surface area contributed by atoms with E-state index in [1.807, 2.05) is 0 Å². The Bertz CT molecular complexity index is 788. The van der Waals surface area contributed by atoms with Crippen LogP contribution in [0.15, 0.2) is 23.9 Å². The number of amides is 2. The monoisotopic (exact) mass is 362 g/mol. The van der Waals surface area contributed by atoms with Gasteiger partial charge < -0.3 is 24.6 Å². The third kappa shape index (κ3) is 3.21. The maximum absolute atomic E-state index is 12.3. The SMILES string of the molecule is CCOC(=O)c1ccc(NC2=CC(=O)N(CCO)C2=O)c2c1OCCO2. The predicted molar refractivity (Wildman–Crippen MR) is 88.9 cm³/mol. The van der Waals surface area contributed by atoms with Crippen molar-refractivity contribution < 1.29 is 33.7 Å². The Morgan fingerprint density at radius 1 is 1.27 bits per heavy atom. The van der Waals surface area contributed by atoms with E-state index in [1.165, 1.54) is 6.07 Å². The molecular formula is C17H18N2O7. The first-order chi connectivity index (χ1) is 12.6. The minimum absolute atomic E-state index is 0.0451. The number of esters is 1. The van der Waals surface area contributed by atoms with Crippen molar-refractivity contribution in [3.63, 3.8) is 0 Å². The van der Waals surface area contributed by atoms with E-state index in [0.29, 0.717) is 5.69 Å². The number of imide groups is 1. The van der Waals surface area contributed by atoms with Gasteiger partial charge in [0.15, 0.2) is 11.5 Å². The highest BCUT2D eigenvalue weighted by atomic mass is 16.6. The number of nitrogens with one attached hydrogen (secondary N) is 1. The highest BCUT2D eigenvalue weighted by molar-refractivity contribution is 6.17. The number of ether oxygens (including phenoxy) is 3. The second-order valence-electron chi connectivity index (χ2n) is 5.44. The van der Waals surface area contributed by atoms with Crippen molar-refractivity contribution >= 4 is 23.5 Å². The van der Waals surface area contributed by atoms with Crippen LogP contribution in [0.25, 0.3) is 0 Å². The zero-order valence-corrected chi connectivity index (χ0v) is 14.1. The summed E-state index contributed by atoms with van der Waals surface area (Å²) in [4.78, 5) is 37.1. The Morgan fingerprint density at radius 3 is 2.69 bits per heavy atom. The molecular weight excluding hydrogens is 344 g/mol. The van der Waals surface area contributed by atoms with E-state index >= 15 is 0 Å². The molecule has 1 aromatic rings. The molecule has 26 heavy (non-hydrogen) atoms. The Kier molecular flexibility index (Phi) is 5.08. The fourth-order valence-electron chi connectivity index (χ4n) is 2.66. The molecule has 0 saturated heterocycles. The molecule has 0 aliphatic carbocycles.